The number of nitrogens with two attached hydrogens (primary N) is 1. The van der Waals surface area contributed by atoms with Crippen LogP contribution in [0.2, 0.25) is 0 Å². The second-order valence-electron chi connectivity index (χ2n) is 4.45. The van der Waals surface area contributed by atoms with E-state index < -0.39 is 54.5 Å². The van der Waals surface area contributed by atoms with Crippen LogP contribution in [0.15, 0.2) is 10.9 Å². The first-order chi connectivity index (χ1) is 9.66. The van der Waals surface area contributed by atoms with Crippen molar-refractivity contribution in [1.82, 2.24) is 9.55 Å². The SMILES string of the molecule is Nc1cc(C(F)(F)F)n([C@@H]2O[C@H](CO)[C@@H](O)[C@H]2O)c(=O)n1. The van der Waals surface area contributed by atoms with Crippen molar-refractivity contribution in [2.45, 2.75) is 30.7 Å². The van der Waals surface area contributed by atoms with Gasteiger partial charge in [-0.15, -0.1) is 0 Å². The lowest BCUT2D eigenvalue weighted by Crippen LogP contribution is -2.39. The average Bonchev–Trinajstić information content (AvgIpc) is 2.64. The lowest BCUT2D eigenvalue weighted by atomic mass is 10.1. The van der Waals surface area contributed by atoms with E-state index in [1.54, 1.807) is 0 Å². The molecule has 1 aromatic rings. The molecule has 8 nitrogen and oxygen atoms in total. The number of aliphatic hydroxyl groups excluding tert-OH is 3. The highest BCUT2D eigenvalue weighted by Gasteiger charge is 2.47. The van der Waals surface area contributed by atoms with E-state index in [2.05, 4.69) is 4.98 Å². The standard InChI is InChI=1S/C10H12F3N3O5/c11-10(12,13)4-1-5(14)15-9(20)16(4)8-7(19)6(18)3(2-17)21-8/h1,3,6-8,17-19H,2H2,(H2,14,15,20)/t3-,6-,7-,8-/m1/s1. The summed E-state index contributed by atoms with van der Waals surface area (Å²) in [5.41, 5.74) is 2.25. The molecule has 0 aliphatic carbocycles. The third-order valence-electron chi connectivity index (χ3n) is 3.04. The highest BCUT2D eigenvalue weighted by molar-refractivity contribution is 5.30. The molecule has 0 spiro atoms. The number of nitrogens with zero attached hydrogens (tertiary/aromatic N) is 2. The van der Waals surface area contributed by atoms with Crippen LogP contribution in [-0.4, -0.2) is 49.8 Å². The third kappa shape index (κ3) is 2.72. The molecule has 0 aromatic carbocycles. The summed E-state index contributed by atoms with van der Waals surface area (Å²) in [5.74, 6) is -0.643. The Hall–Kier alpha value is -1.69. The second-order valence-corrected chi connectivity index (χ2v) is 4.45. The van der Waals surface area contributed by atoms with E-state index in [4.69, 9.17) is 15.6 Å². The Labute approximate surface area is 115 Å². The Morgan fingerprint density at radius 2 is 2.00 bits per heavy atom. The Morgan fingerprint density at radius 1 is 1.38 bits per heavy atom. The lowest BCUT2D eigenvalue weighted by molar-refractivity contribution is -0.152. The van der Waals surface area contributed by atoms with Crippen LogP contribution >= 0.6 is 0 Å². The molecule has 0 unspecified atom stereocenters. The van der Waals surface area contributed by atoms with Crippen molar-refractivity contribution >= 4 is 5.82 Å². The Bertz CT molecular complexity index is 590. The van der Waals surface area contributed by atoms with Crippen LogP contribution in [0.3, 0.4) is 0 Å². The molecule has 1 saturated heterocycles. The number of rotatable bonds is 2. The maximum atomic E-state index is 13.0. The molecule has 0 saturated carbocycles. The van der Waals surface area contributed by atoms with Crippen LogP contribution in [0, 0.1) is 0 Å². The number of halogens is 3. The summed E-state index contributed by atoms with van der Waals surface area (Å²) >= 11 is 0. The van der Waals surface area contributed by atoms with Crippen molar-refractivity contribution in [3.8, 4) is 0 Å². The van der Waals surface area contributed by atoms with Gasteiger partial charge in [0.25, 0.3) is 0 Å². The normalized spacial score (nSPS) is 29.8. The van der Waals surface area contributed by atoms with Crippen molar-refractivity contribution in [3.63, 3.8) is 0 Å². The van der Waals surface area contributed by atoms with Gasteiger partial charge in [-0.05, 0) is 0 Å². The van der Waals surface area contributed by atoms with Gasteiger partial charge >= 0.3 is 11.9 Å². The van der Waals surface area contributed by atoms with E-state index >= 15 is 0 Å². The Morgan fingerprint density at radius 3 is 2.48 bits per heavy atom. The second kappa shape index (κ2) is 5.26. The molecule has 0 amide bonds. The van der Waals surface area contributed by atoms with Gasteiger partial charge in [0.1, 0.15) is 29.8 Å². The number of nitrogen functional groups attached to an aromatic ring is 1. The van der Waals surface area contributed by atoms with Gasteiger partial charge < -0.3 is 25.8 Å². The van der Waals surface area contributed by atoms with Gasteiger partial charge in [0.2, 0.25) is 0 Å². The molecule has 1 fully saturated rings. The first kappa shape index (κ1) is 15.7. The fourth-order valence-corrected chi connectivity index (χ4v) is 2.07. The van der Waals surface area contributed by atoms with Gasteiger partial charge in [-0.3, -0.25) is 4.57 Å². The molecule has 2 rings (SSSR count). The number of anilines is 1. The van der Waals surface area contributed by atoms with Gasteiger partial charge in [-0.25, -0.2) is 4.79 Å². The van der Waals surface area contributed by atoms with Crippen LogP contribution in [0.25, 0.3) is 0 Å². The fraction of sp³-hybridized carbons (Fsp3) is 0.600. The molecule has 1 aromatic heterocycles. The highest BCUT2D eigenvalue weighted by atomic mass is 19.4. The topological polar surface area (TPSA) is 131 Å². The van der Waals surface area contributed by atoms with E-state index in [9.17, 15) is 28.2 Å². The summed E-state index contributed by atoms with van der Waals surface area (Å²) in [7, 11) is 0. The minimum Gasteiger partial charge on any atom is -0.394 e. The van der Waals surface area contributed by atoms with Crippen molar-refractivity contribution in [1.29, 1.82) is 0 Å². The molecule has 4 atom stereocenters. The summed E-state index contributed by atoms with van der Waals surface area (Å²) in [5, 5.41) is 28.2. The molecule has 5 N–H and O–H groups in total. The molecule has 2 heterocycles. The van der Waals surface area contributed by atoms with Gasteiger partial charge in [0, 0.05) is 6.07 Å². The Balaban J connectivity index is 2.57. The number of aliphatic hydroxyl groups is 3. The largest absolute Gasteiger partial charge is 0.431 e. The summed E-state index contributed by atoms with van der Waals surface area (Å²) in [6.07, 6.45) is -11.6. The van der Waals surface area contributed by atoms with Crippen molar-refractivity contribution in [3.05, 3.63) is 22.2 Å². The van der Waals surface area contributed by atoms with E-state index in [-0.39, 0.29) is 4.57 Å². The van der Waals surface area contributed by atoms with Gasteiger partial charge in [-0.2, -0.15) is 18.2 Å². The van der Waals surface area contributed by atoms with Crippen LogP contribution in [0.5, 0.6) is 0 Å². The maximum Gasteiger partial charge on any atom is 0.431 e. The molecule has 118 valence electrons. The molecule has 1 aliphatic rings. The summed E-state index contributed by atoms with van der Waals surface area (Å²) in [4.78, 5) is 14.8. The maximum absolute atomic E-state index is 13.0. The molecule has 1 aliphatic heterocycles. The van der Waals surface area contributed by atoms with E-state index in [0.717, 1.165) is 0 Å². The first-order valence-electron chi connectivity index (χ1n) is 5.75. The molecular weight excluding hydrogens is 299 g/mol. The van der Waals surface area contributed by atoms with E-state index in [0.29, 0.717) is 6.07 Å². The van der Waals surface area contributed by atoms with Crippen LogP contribution < -0.4 is 11.4 Å². The zero-order valence-electron chi connectivity index (χ0n) is 10.4. The molecule has 11 heteroatoms. The minimum atomic E-state index is -4.96. The fourth-order valence-electron chi connectivity index (χ4n) is 2.07. The van der Waals surface area contributed by atoms with Crippen LogP contribution in [0.4, 0.5) is 19.0 Å². The van der Waals surface area contributed by atoms with E-state index in [1.165, 1.54) is 0 Å². The van der Waals surface area contributed by atoms with Gasteiger partial charge in [0.05, 0.1) is 6.61 Å². The highest BCUT2D eigenvalue weighted by Crippen LogP contribution is 2.35. The van der Waals surface area contributed by atoms with Gasteiger partial charge in [-0.1, -0.05) is 0 Å². The van der Waals surface area contributed by atoms with Crippen molar-refractivity contribution in [2.24, 2.45) is 0 Å². The quantitative estimate of drug-likeness (QED) is 0.520. The number of alkyl halides is 3. The molecule has 0 bridgehead atoms. The van der Waals surface area contributed by atoms with Crippen LogP contribution in [-0.2, 0) is 10.9 Å². The van der Waals surface area contributed by atoms with Crippen molar-refractivity contribution in [2.75, 3.05) is 12.3 Å². The zero-order chi connectivity index (χ0) is 15.9. The minimum absolute atomic E-state index is 0.0555. The third-order valence-corrected chi connectivity index (χ3v) is 3.04. The van der Waals surface area contributed by atoms with E-state index in [1.807, 2.05) is 0 Å². The summed E-state index contributed by atoms with van der Waals surface area (Å²) in [6, 6.07) is 0.413. The predicted octanol–water partition coefficient (Wildman–Crippen LogP) is -1.54. The molecule has 0 radical (unpaired) electrons. The lowest BCUT2D eigenvalue weighted by Gasteiger charge is -2.22. The zero-order valence-corrected chi connectivity index (χ0v) is 10.4. The molecule has 21 heavy (non-hydrogen) atoms. The Kier molecular flexibility index (Phi) is 3.93. The van der Waals surface area contributed by atoms with Crippen LogP contribution in [0.1, 0.15) is 11.9 Å². The monoisotopic (exact) mass is 311 g/mol. The van der Waals surface area contributed by atoms with Crippen molar-refractivity contribution < 1.29 is 33.2 Å². The first-order valence-corrected chi connectivity index (χ1v) is 5.75. The predicted molar refractivity (Wildman–Crippen MR) is 60.9 cm³/mol. The number of hydrogen-bond acceptors (Lipinski definition) is 7. The number of aromatic nitrogens is 2. The number of ether oxygens (including phenoxy) is 1. The average molecular weight is 311 g/mol. The smallest absolute Gasteiger partial charge is 0.394 e. The van der Waals surface area contributed by atoms with Gasteiger partial charge in [0.15, 0.2) is 6.23 Å². The molecular formula is C10H12F3N3O5. The summed E-state index contributed by atoms with van der Waals surface area (Å²) in [6.45, 7) is -0.743. The number of hydrogen-bond donors (Lipinski definition) is 4. The summed E-state index contributed by atoms with van der Waals surface area (Å²) < 4.78 is 43.9.